The monoisotopic (exact) mass is 484 g/mol. The van der Waals surface area contributed by atoms with Crippen LogP contribution in [0.2, 0.25) is 0 Å². The number of aliphatic hydroxyl groups is 1. The first-order chi connectivity index (χ1) is 15.5. The van der Waals surface area contributed by atoms with Crippen LogP contribution in [0.5, 0.6) is 0 Å². The minimum atomic E-state index is -4.83. The van der Waals surface area contributed by atoms with Crippen molar-refractivity contribution in [1.29, 1.82) is 0 Å². The third kappa shape index (κ3) is 5.74. The van der Waals surface area contributed by atoms with Crippen molar-refractivity contribution < 1.29 is 31.5 Å². The van der Waals surface area contributed by atoms with E-state index in [1.807, 2.05) is 0 Å². The maximum absolute atomic E-state index is 13.1. The molecule has 0 unspecified atom stereocenters. The zero-order chi connectivity index (χ0) is 24.2. The van der Waals surface area contributed by atoms with Crippen LogP contribution >= 0.6 is 0 Å². The molecule has 1 aromatic heterocycles. The van der Waals surface area contributed by atoms with Crippen molar-refractivity contribution in [1.82, 2.24) is 14.3 Å². The highest BCUT2D eigenvalue weighted by Gasteiger charge is 2.36. The maximum atomic E-state index is 13.1. The van der Waals surface area contributed by atoms with Gasteiger partial charge < -0.3 is 10.4 Å². The van der Waals surface area contributed by atoms with Gasteiger partial charge in [-0.15, -0.1) is 0 Å². The molecule has 0 aliphatic rings. The number of carbonyl (C=O) groups is 1. The van der Waals surface area contributed by atoms with Gasteiger partial charge in [-0.1, -0.05) is 12.1 Å². The Hall–Kier alpha value is -3.29. The van der Waals surface area contributed by atoms with Crippen molar-refractivity contribution in [2.24, 2.45) is 0 Å². The molecule has 1 amide bonds. The lowest BCUT2D eigenvalue weighted by Crippen LogP contribution is -2.29. The van der Waals surface area contributed by atoms with Crippen molar-refractivity contribution in [2.75, 3.05) is 18.5 Å². The van der Waals surface area contributed by atoms with Crippen LogP contribution in [0.25, 0.3) is 10.9 Å². The predicted molar refractivity (Wildman–Crippen MR) is 113 cm³/mol. The Labute approximate surface area is 185 Å². The summed E-state index contributed by atoms with van der Waals surface area (Å²) in [5.41, 5.74) is -1.07. The molecule has 3 aromatic rings. The molecule has 1 heterocycles. The number of aryl methyl sites for hydroxylation is 1. The number of alkyl halides is 3. The lowest BCUT2D eigenvalue weighted by Gasteiger charge is -2.14. The SMILES string of the molecule is O=C(CO)Nc1ccc2ncn(CCCNS(=O)(=O)c3ccccc3C(F)(F)F)c(=O)c2c1. The first kappa shape index (κ1) is 24.4. The number of sulfonamides is 1. The second kappa shape index (κ2) is 9.68. The van der Waals surface area contributed by atoms with Gasteiger partial charge in [-0.3, -0.25) is 14.2 Å². The van der Waals surface area contributed by atoms with E-state index < -0.39 is 44.7 Å². The fourth-order valence-corrected chi connectivity index (χ4v) is 4.36. The van der Waals surface area contributed by atoms with Crippen LogP contribution in [0.4, 0.5) is 18.9 Å². The first-order valence-corrected chi connectivity index (χ1v) is 11.1. The van der Waals surface area contributed by atoms with E-state index in [1.54, 1.807) is 0 Å². The van der Waals surface area contributed by atoms with Gasteiger partial charge >= 0.3 is 6.18 Å². The van der Waals surface area contributed by atoms with Crippen molar-refractivity contribution in [2.45, 2.75) is 24.0 Å². The summed E-state index contributed by atoms with van der Waals surface area (Å²) in [6, 6.07) is 8.27. The highest BCUT2D eigenvalue weighted by Crippen LogP contribution is 2.33. The van der Waals surface area contributed by atoms with Gasteiger partial charge in [0, 0.05) is 18.8 Å². The first-order valence-electron chi connectivity index (χ1n) is 9.59. The van der Waals surface area contributed by atoms with E-state index in [-0.39, 0.29) is 30.6 Å². The standard InChI is InChI=1S/C20H19F3N4O5S/c21-20(22,23)15-4-1-2-5-17(15)33(31,32)25-8-3-9-27-12-24-16-7-6-13(26-18(29)11-28)10-14(16)19(27)30/h1-2,4-7,10,12,25,28H,3,8-9,11H2,(H,26,29). The number of anilines is 1. The lowest BCUT2D eigenvalue weighted by atomic mass is 10.2. The molecule has 0 aliphatic heterocycles. The van der Waals surface area contributed by atoms with Gasteiger partial charge in [-0.2, -0.15) is 13.2 Å². The van der Waals surface area contributed by atoms with E-state index >= 15 is 0 Å². The number of aromatic nitrogens is 2. The van der Waals surface area contributed by atoms with E-state index in [2.05, 4.69) is 15.0 Å². The van der Waals surface area contributed by atoms with Gasteiger partial charge in [-0.25, -0.2) is 18.1 Å². The molecule has 0 radical (unpaired) electrons. The molecular weight excluding hydrogens is 465 g/mol. The second-order valence-corrected chi connectivity index (χ2v) is 8.66. The molecule has 0 fully saturated rings. The topological polar surface area (TPSA) is 130 Å². The third-order valence-corrected chi connectivity index (χ3v) is 6.12. The number of benzene rings is 2. The largest absolute Gasteiger partial charge is 0.417 e. The summed E-state index contributed by atoms with van der Waals surface area (Å²) in [5, 5.41) is 11.4. The summed E-state index contributed by atoms with van der Waals surface area (Å²) in [6.45, 7) is -0.900. The number of halogens is 3. The Morgan fingerprint density at radius 1 is 1.15 bits per heavy atom. The van der Waals surface area contributed by atoms with Crippen LogP contribution in [0, 0.1) is 0 Å². The van der Waals surface area contributed by atoms with Gasteiger partial charge in [0.2, 0.25) is 15.9 Å². The van der Waals surface area contributed by atoms with Crippen LogP contribution in [-0.4, -0.2) is 42.1 Å². The molecule has 3 rings (SSSR count). The van der Waals surface area contributed by atoms with E-state index in [0.29, 0.717) is 11.6 Å². The molecule has 3 N–H and O–H groups in total. The number of hydrogen-bond donors (Lipinski definition) is 3. The molecule has 0 aliphatic carbocycles. The van der Waals surface area contributed by atoms with Gasteiger partial charge in [0.15, 0.2) is 0 Å². The quantitative estimate of drug-likeness (QED) is 0.418. The summed E-state index contributed by atoms with van der Waals surface area (Å²) in [5.74, 6) is -0.655. The molecule has 176 valence electrons. The lowest BCUT2D eigenvalue weighted by molar-refractivity contribution is -0.139. The van der Waals surface area contributed by atoms with Crippen LogP contribution in [-0.2, 0) is 27.5 Å². The molecule has 0 saturated heterocycles. The van der Waals surface area contributed by atoms with Gasteiger partial charge in [0.25, 0.3) is 5.56 Å². The molecule has 2 aromatic carbocycles. The number of aliphatic hydroxyl groups excluding tert-OH is 1. The zero-order valence-electron chi connectivity index (χ0n) is 17.0. The van der Waals surface area contributed by atoms with E-state index in [4.69, 9.17) is 5.11 Å². The van der Waals surface area contributed by atoms with Crippen LogP contribution in [0.1, 0.15) is 12.0 Å². The van der Waals surface area contributed by atoms with E-state index in [1.165, 1.54) is 35.2 Å². The maximum Gasteiger partial charge on any atom is 0.417 e. The average Bonchev–Trinajstić information content (AvgIpc) is 2.77. The Morgan fingerprint density at radius 2 is 1.88 bits per heavy atom. The summed E-state index contributed by atoms with van der Waals surface area (Å²) in [7, 11) is -4.43. The Bertz CT molecular complexity index is 1340. The fraction of sp³-hybridized carbons (Fsp3) is 0.250. The number of fused-ring (bicyclic) bond motifs is 1. The molecule has 0 atom stereocenters. The highest BCUT2D eigenvalue weighted by molar-refractivity contribution is 7.89. The highest BCUT2D eigenvalue weighted by atomic mass is 32.2. The summed E-state index contributed by atoms with van der Waals surface area (Å²) in [4.78, 5) is 27.3. The number of hydrogen-bond acceptors (Lipinski definition) is 6. The van der Waals surface area contributed by atoms with Crippen LogP contribution < -0.4 is 15.6 Å². The van der Waals surface area contributed by atoms with Crippen LogP contribution in [0.15, 0.2) is 58.5 Å². The molecule has 13 heteroatoms. The van der Waals surface area contributed by atoms with E-state index in [9.17, 15) is 31.2 Å². The molecule has 0 saturated carbocycles. The summed E-state index contributed by atoms with van der Waals surface area (Å²) < 4.78 is 67.4. The average molecular weight is 484 g/mol. The number of amides is 1. The number of nitrogens with zero attached hydrogens (tertiary/aromatic N) is 2. The van der Waals surface area contributed by atoms with E-state index in [0.717, 1.165) is 12.1 Å². The van der Waals surface area contributed by atoms with Crippen molar-refractivity contribution in [3.63, 3.8) is 0 Å². The van der Waals surface area contributed by atoms with Gasteiger partial charge in [0.05, 0.1) is 27.7 Å². The van der Waals surface area contributed by atoms with Crippen molar-refractivity contribution in [3.05, 3.63) is 64.7 Å². The minimum absolute atomic E-state index is 0.0401. The Morgan fingerprint density at radius 3 is 2.58 bits per heavy atom. The van der Waals surface area contributed by atoms with Crippen LogP contribution in [0.3, 0.4) is 0 Å². The third-order valence-electron chi connectivity index (χ3n) is 4.60. The predicted octanol–water partition coefficient (Wildman–Crippen LogP) is 1.71. The van der Waals surface area contributed by atoms with Gasteiger partial charge in [-0.05, 0) is 36.8 Å². The Balaban J connectivity index is 1.71. The number of nitrogens with one attached hydrogen (secondary N) is 2. The van der Waals surface area contributed by atoms with Crippen molar-refractivity contribution >= 4 is 32.5 Å². The minimum Gasteiger partial charge on any atom is -0.387 e. The number of rotatable bonds is 8. The second-order valence-electron chi connectivity index (χ2n) is 6.93. The smallest absolute Gasteiger partial charge is 0.387 e. The summed E-state index contributed by atoms with van der Waals surface area (Å²) >= 11 is 0. The summed E-state index contributed by atoms with van der Waals surface area (Å²) in [6.07, 6.45) is -3.46. The molecule has 9 nitrogen and oxygen atoms in total. The van der Waals surface area contributed by atoms with Crippen molar-refractivity contribution in [3.8, 4) is 0 Å². The Kier molecular flexibility index (Phi) is 7.15. The molecule has 0 bridgehead atoms. The van der Waals surface area contributed by atoms with Gasteiger partial charge in [0.1, 0.15) is 6.61 Å². The molecular formula is C20H19F3N4O5S. The fourth-order valence-electron chi connectivity index (χ4n) is 3.07. The number of carbonyl (C=O) groups excluding carboxylic acids is 1. The normalized spacial score (nSPS) is 12.1. The molecule has 33 heavy (non-hydrogen) atoms. The molecule has 0 spiro atoms. The zero-order valence-corrected chi connectivity index (χ0v) is 17.8.